The van der Waals surface area contributed by atoms with Crippen molar-refractivity contribution in [2.24, 2.45) is 0 Å². The molecule has 1 atom stereocenters. The molecule has 0 fully saturated rings. The molecular formula is C21H22N2O3. The normalized spacial score (nSPS) is 15.8. The Balaban J connectivity index is 1.56. The lowest BCUT2D eigenvalue weighted by Gasteiger charge is -2.18. The van der Waals surface area contributed by atoms with Crippen molar-refractivity contribution >= 4 is 0 Å². The Morgan fingerprint density at radius 1 is 1.19 bits per heavy atom. The van der Waals surface area contributed by atoms with Gasteiger partial charge in [0.15, 0.2) is 0 Å². The number of benzene rings is 1. The van der Waals surface area contributed by atoms with Gasteiger partial charge in [0, 0.05) is 36.6 Å². The van der Waals surface area contributed by atoms with E-state index in [1.54, 1.807) is 12.4 Å². The Bertz CT molecular complexity index is 876. The molecule has 0 radical (unpaired) electrons. The third kappa shape index (κ3) is 3.64. The lowest BCUT2D eigenvalue weighted by Crippen LogP contribution is -2.25. The Kier molecular flexibility index (Phi) is 4.73. The van der Waals surface area contributed by atoms with Crippen molar-refractivity contribution in [3.63, 3.8) is 0 Å². The highest BCUT2D eigenvalue weighted by molar-refractivity contribution is 5.40. The molecule has 0 aliphatic carbocycles. The van der Waals surface area contributed by atoms with Crippen LogP contribution in [0.25, 0.3) is 0 Å². The highest BCUT2D eigenvalue weighted by atomic mass is 16.5. The fourth-order valence-corrected chi connectivity index (χ4v) is 3.29. The molecular weight excluding hydrogens is 328 g/mol. The minimum atomic E-state index is -0.696. The molecule has 0 saturated heterocycles. The molecule has 3 aromatic rings. The number of nitrogens with zero attached hydrogens (tertiary/aromatic N) is 2. The molecule has 0 saturated carbocycles. The van der Waals surface area contributed by atoms with E-state index in [-0.39, 0.29) is 0 Å². The summed E-state index contributed by atoms with van der Waals surface area (Å²) in [5.74, 6) is 2.76. The summed E-state index contributed by atoms with van der Waals surface area (Å²) in [4.78, 5) is 6.39. The van der Waals surface area contributed by atoms with Crippen molar-refractivity contribution in [1.29, 1.82) is 0 Å². The van der Waals surface area contributed by atoms with Crippen molar-refractivity contribution in [3.05, 3.63) is 83.1 Å². The van der Waals surface area contributed by atoms with Crippen molar-refractivity contribution in [2.45, 2.75) is 26.1 Å². The first-order chi connectivity index (χ1) is 12.7. The molecule has 134 valence electrons. The molecule has 5 nitrogen and oxygen atoms in total. The number of pyridine rings is 1. The van der Waals surface area contributed by atoms with Gasteiger partial charge in [0.25, 0.3) is 0 Å². The minimum absolute atomic E-state index is 0.636. The van der Waals surface area contributed by atoms with Crippen LogP contribution >= 0.6 is 0 Å². The summed E-state index contributed by atoms with van der Waals surface area (Å²) in [6.45, 7) is 4.91. The highest BCUT2D eigenvalue weighted by Crippen LogP contribution is 2.29. The zero-order valence-electron chi connectivity index (χ0n) is 14.8. The van der Waals surface area contributed by atoms with Crippen molar-refractivity contribution < 1.29 is 14.3 Å². The van der Waals surface area contributed by atoms with Gasteiger partial charge in [-0.25, -0.2) is 0 Å². The molecule has 1 aromatic carbocycles. The quantitative estimate of drug-likeness (QED) is 0.781. The van der Waals surface area contributed by atoms with Crippen LogP contribution in [0.5, 0.6) is 5.75 Å². The number of furan rings is 1. The summed E-state index contributed by atoms with van der Waals surface area (Å²) in [5, 5.41) is 10.7. The predicted octanol–water partition coefficient (Wildman–Crippen LogP) is 3.46. The first kappa shape index (κ1) is 16.8. The fourth-order valence-electron chi connectivity index (χ4n) is 3.29. The molecule has 0 bridgehead atoms. The van der Waals surface area contributed by atoms with E-state index in [9.17, 15) is 5.11 Å². The van der Waals surface area contributed by atoms with E-state index in [0.29, 0.717) is 6.61 Å². The summed E-state index contributed by atoms with van der Waals surface area (Å²) in [7, 11) is 0. The van der Waals surface area contributed by atoms with Crippen LogP contribution in [0.1, 0.15) is 34.3 Å². The number of fused-ring (bicyclic) bond motifs is 1. The first-order valence-corrected chi connectivity index (χ1v) is 8.80. The number of aliphatic hydroxyl groups is 1. The van der Waals surface area contributed by atoms with Crippen LogP contribution in [-0.2, 0) is 13.1 Å². The Hall–Kier alpha value is -2.63. The maximum absolute atomic E-state index is 10.7. The number of hydrogen-bond donors (Lipinski definition) is 1. The van der Waals surface area contributed by atoms with Crippen molar-refractivity contribution in [1.82, 2.24) is 9.88 Å². The third-order valence-corrected chi connectivity index (χ3v) is 4.63. The average Bonchev–Trinajstić information content (AvgIpc) is 2.96. The van der Waals surface area contributed by atoms with Gasteiger partial charge in [-0.3, -0.25) is 9.88 Å². The van der Waals surface area contributed by atoms with Gasteiger partial charge in [0.1, 0.15) is 30.0 Å². The van der Waals surface area contributed by atoms with E-state index in [2.05, 4.69) is 9.88 Å². The number of rotatable bonds is 4. The standard InChI is InChI=1S/C21H22N2O3/c1-15-4-6-19(26-15)14-23-9-10-25-20-7-5-16(11-18(20)13-23)21(24)17-3-2-8-22-12-17/h2-8,11-12,21,24H,9-10,13-14H2,1H3. The van der Waals surface area contributed by atoms with Gasteiger partial charge >= 0.3 is 0 Å². The second kappa shape index (κ2) is 7.32. The summed E-state index contributed by atoms with van der Waals surface area (Å²) < 4.78 is 11.6. The van der Waals surface area contributed by atoms with E-state index in [1.807, 2.05) is 49.4 Å². The largest absolute Gasteiger partial charge is 0.492 e. The zero-order valence-corrected chi connectivity index (χ0v) is 14.8. The van der Waals surface area contributed by atoms with Gasteiger partial charge < -0.3 is 14.3 Å². The van der Waals surface area contributed by atoms with Crippen LogP contribution in [0, 0.1) is 6.92 Å². The maximum Gasteiger partial charge on any atom is 0.123 e. The van der Waals surface area contributed by atoms with Crippen LogP contribution in [0.2, 0.25) is 0 Å². The SMILES string of the molecule is Cc1ccc(CN2CCOc3ccc(C(O)c4cccnc4)cc3C2)o1. The minimum Gasteiger partial charge on any atom is -0.492 e. The predicted molar refractivity (Wildman–Crippen MR) is 97.8 cm³/mol. The fraction of sp³-hybridized carbons (Fsp3) is 0.286. The van der Waals surface area contributed by atoms with Crippen LogP contribution in [-0.4, -0.2) is 28.1 Å². The van der Waals surface area contributed by atoms with Crippen LogP contribution in [0.4, 0.5) is 0 Å². The number of ether oxygens (including phenoxy) is 1. The van der Waals surface area contributed by atoms with Crippen molar-refractivity contribution in [2.75, 3.05) is 13.2 Å². The molecule has 1 N–H and O–H groups in total. The molecule has 1 aliphatic rings. The van der Waals surface area contributed by atoms with Crippen molar-refractivity contribution in [3.8, 4) is 5.75 Å². The molecule has 26 heavy (non-hydrogen) atoms. The topological polar surface area (TPSA) is 58.7 Å². The van der Waals surface area contributed by atoms with Crippen LogP contribution in [0.15, 0.2) is 59.3 Å². The number of aryl methyl sites for hydroxylation is 1. The third-order valence-electron chi connectivity index (χ3n) is 4.63. The van der Waals surface area contributed by atoms with E-state index in [0.717, 1.165) is 53.6 Å². The molecule has 1 aliphatic heterocycles. The molecule has 0 spiro atoms. The average molecular weight is 350 g/mol. The van der Waals surface area contributed by atoms with Gasteiger partial charge in [-0.05, 0) is 42.8 Å². The van der Waals surface area contributed by atoms with E-state index >= 15 is 0 Å². The van der Waals surface area contributed by atoms with Gasteiger partial charge in [0.05, 0.1) is 6.54 Å². The highest BCUT2D eigenvalue weighted by Gasteiger charge is 2.19. The zero-order chi connectivity index (χ0) is 17.9. The summed E-state index contributed by atoms with van der Waals surface area (Å²) in [6.07, 6.45) is 2.70. The Labute approximate surface area is 152 Å². The second-order valence-electron chi connectivity index (χ2n) is 6.63. The molecule has 3 heterocycles. The molecule has 5 heteroatoms. The smallest absolute Gasteiger partial charge is 0.123 e. The monoisotopic (exact) mass is 350 g/mol. The maximum atomic E-state index is 10.7. The summed E-state index contributed by atoms with van der Waals surface area (Å²) in [6, 6.07) is 13.6. The molecule has 1 unspecified atom stereocenters. The van der Waals surface area contributed by atoms with E-state index in [4.69, 9.17) is 9.15 Å². The van der Waals surface area contributed by atoms with Gasteiger partial charge in [0.2, 0.25) is 0 Å². The molecule has 2 aromatic heterocycles. The van der Waals surface area contributed by atoms with E-state index in [1.165, 1.54) is 0 Å². The lowest BCUT2D eigenvalue weighted by molar-refractivity contribution is 0.205. The van der Waals surface area contributed by atoms with Gasteiger partial charge in [-0.1, -0.05) is 12.1 Å². The van der Waals surface area contributed by atoms with Gasteiger partial charge in [-0.2, -0.15) is 0 Å². The second-order valence-corrected chi connectivity index (χ2v) is 6.63. The lowest BCUT2D eigenvalue weighted by atomic mass is 10.0. The first-order valence-electron chi connectivity index (χ1n) is 8.80. The van der Waals surface area contributed by atoms with E-state index < -0.39 is 6.10 Å². The van der Waals surface area contributed by atoms with Gasteiger partial charge in [-0.15, -0.1) is 0 Å². The Morgan fingerprint density at radius 3 is 2.88 bits per heavy atom. The summed E-state index contributed by atoms with van der Waals surface area (Å²) in [5.41, 5.74) is 2.70. The van der Waals surface area contributed by atoms with Crippen LogP contribution in [0.3, 0.4) is 0 Å². The number of aromatic nitrogens is 1. The molecule has 0 amide bonds. The van der Waals surface area contributed by atoms with Crippen LogP contribution < -0.4 is 4.74 Å². The molecule has 4 rings (SSSR count). The number of hydrogen-bond acceptors (Lipinski definition) is 5. The summed E-state index contributed by atoms with van der Waals surface area (Å²) >= 11 is 0. The Morgan fingerprint density at radius 2 is 2.12 bits per heavy atom. The number of aliphatic hydroxyl groups excluding tert-OH is 1.